The van der Waals surface area contributed by atoms with Crippen LogP contribution in [0.2, 0.25) is 0 Å². The van der Waals surface area contributed by atoms with Crippen molar-refractivity contribution in [2.75, 3.05) is 0 Å². The quantitative estimate of drug-likeness (QED) is 0.726. The molecule has 0 unspecified atom stereocenters. The fourth-order valence-electron chi connectivity index (χ4n) is 1.61. The number of pyridine rings is 1. The zero-order chi connectivity index (χ0) is 11.7. The Morgan fingerprint density at radius 1 is 1.24 bits per heavy atom. The predicted molar refractivity (Wildman–Crippen MR) is 61.9 cm³/mol. The fraction of sp³-hybridized carbons (Fsp3) is 0. The number of hydrogen-bond acceptors (Lipinski definition) is 3. The predicted octanol–water partition coefficient (Wildman–Crippen LogP) is 1.82. The van der Waals surface area contributed by atoms with Crippen LogP contribution in [0.5, 0.6) is 0 Å². The van der Waals surface area contributed by atoms with Crippen LogP contribution in [0.1, 0.15) is 0 Å². The highest BCUT2D eigenvalue weighted by molar-refractivity contribution is 5.51. The number of aromatic nitrogens is 3. The molecule has 0 saturated carbocycles. The van der Waals surface area contributed by atoms with E-state index in [1.165, 1.54) is 10.7 Å². The van der Waals surface area contributed by atoms with E-state index in [9.17, 15) is 4.79 Å². The second kappa shape index (κ2) is 3.79. The molecule has 17 heavy (non-hydrogen) atoms. The first-order valence-electron chi connectivity index (χ1n) is 5.12. The molecular formula is C12H9N3O2. The van der Waals surface area contributed by atoms with Crippen LogP contribution in [-0.4, -0.2) is 14.8 Å². The lowest BCUT2D eigenvalue weighted by Crippen LogP contribution is -2.14. The SMILES string of the molecule is O=c1cc(-c2ccco2)[nH]n1-c1ccccn1. The Hall–Kier alpha value is -2.56. The molecule has 0 amide bonds. The maximum Gasteiger partial charge on any atom is 0.273 e. The van der Waals surface area contributed by atoms with Crippen molar-refractivity contribution in [1.29, 1.82) is 0 Å². The first-order valence-corrected chi connectivity index (χ1v) is 5.12. The number of rotatable bonds is 2. The monoisotopic (exact) mass is 227 g/mol. The number of hydrogen-bond donors (Lipinski definition) is 1. The van der Waals surface area contributed by atoms with E-state index in [-0.39, 0.29) is 5.56 Å². The van der Waals surface area contributed by atoms with Crippen LogP contribution in [0.25, 0.3) is 17.3 Å². The summed E-state index contributed by atoms with van der Waals surface area (Å²) in [4.78, 5) is 15.9. The summed E-state index contributed by atoms with van der Waals surface area (Å²) in [5.74, 6) is 1.17. The first kappa shape index (κ1) is 9.65. The number of nitrogens with zero attached hydrogens (tertiary/aromatic N) is 2. The lowest BCUT2D eigenvalue weighted by atomic mass is 10.3. The normalized spacial score (nSPS) is 10.6. The maximum atomic E-state index is 11.8. The summed E-state index contributed by atoms with van der Waals surface area (Å²) < 4.78 is 6.59. The minimum absolute atomic E-state index is 0.171. The summed E-state index contributed by atoms with van der Waals surface area (Å²) in [6, 6.07) is 10.4. The Morgan fingerprint density at radius 3 is 2.88 bits per heavy atom. The van der Waals surface area contributed by atoms with Crippen LogP contribution in [0.15, 0.2) is 58.1 Å². The molecule has 0 fully saturated rings. The van der Waals surface area contributed by atoms with Gasteiger partial charge in [-0.15, -0.1) is 0 Å². The Balaban J connectivity index is 2.12. The van der Waals surface area contributed by atoms with Gasteiger partial charge in [0.1, 0.15) is 5.69 Å². The van der Waals surface area contributed by atoms with E-state index < -0.39 is 0 Å². The van der Waals surface area contributed by atoms with Crippen molar-refractivity contribution in [3.05, 3.63) is 59.2 Å². The molecule has 0 atom stereocenters. The van der Waals surface area contributed by atoms with Crippen molar-refractivity contribution >= 4 is 0 Å². The summed E-state index contributed by atoms with van der Waals surface area (Å²) in [5, 5.41) is 2.95. The number of nitrogens with one attached hydrogen (secondary N) is 1. The van der Waals surface area contributed by atoms with Crippen molar-refractivity contribution < 1.29 is 4.42 Å². The van der Waals surface area contributed by atoms with E-state index in [0.717, 1.165) is 0 Å². The molecule has 3 aromatic rings. The van der Waals surface area contributed by atoms with Gasteiger partial charge in [-0.05, 0) is 24.3 Å². The summed E-state index contributed by atoms with van der Waals surface area (Å²) in [7, 11) is 0. The molecule has 3 rings (SSSR count). The van der Waals surface area contributed by atoms with Gasteiger partial charge in [-0.3, -0.25) is 9.89 Å². The summed E-state index contributed by atoms with van der Waals surface area (Å²) in [6.45, 7) is 0. The van der Waals surface area contributed by atoms with Crippen LogP contribution >= 0.6 is 0 Å². The van der Waals surface area contributed by atoms with Crippen LogP contribution in [-0.2, 0) is 0 Å². The molecular weight excluding hydrogens is 218 g/mol. The zero-order valence-corrected chi connectivity index (χ0v) is 8.83. The molecule has 0 radical (unpaired) electrons. The number of H-pyrrole nitrogens is 1. The molecule has 0 saturated heterocycles. The lowest BCUT2D eigenvalue weighted by Gasteiger charge is -1.98. The molecule has 5 heteroatoms. The van der Waals surface area contributed by atoms with Crippen LogP contribution in [0.3, 0.4) is 0 Å². The third kappa shape index (κ3) is 1.67. The van der Waals surface area contributed by atoms with E-state index in [4.69, 9.17) is 4.42 Å². The molecule has 0 aliphatic rings. The minimum Gasteiger partial charge on any atom is -0.463 e. The smallest absolute Gasteiger partial charge is 0.273 e. The summed E-state index contributed by atoms with van der Waals surface area (Å²) >= 11 is 0. The summed E-state index contributed by atoms with van der Waals surface area (Å²) in [5.41, 5.74) is 0.459. The van der Waals surface area contributed by atoms with Gasteiger partial charge in [0.25, 0.3) is 5.56 Å². The van der Waals surface area contributed by atoms with E-state index in [1.54, 1.807) is 36.7 Å². The van der Waals surface area contributed by atoms with Crippen LogP contribution in [0, 0.1) is 0 Å². The van der Waals surface area contributed by atoms with E-state index in [2.05, 4.69) is 10.1 Å². The fourth-order valence-corrected chi connectivity index (χ4v) is 1.61. The maximum absolute atomic E-state index is 11.8. The van der Waals surface area contributed by atoms with E-state index in [1.807, 2.05) is 6.07 Å². The molecule has 3 aromatic heterocycles. The highest BCUT2D eigenvalue weighted by Gasteiger charge is 2.08. The molecule has 5 nitrogen and oxygen atoms in total. The van der Waals surface area contributed by atoms with Gasteiger partial charge in [-0.1, -0.05) is 6.07 Å². The van der Waals surface area contributed by atoms with Crippen molar-refractivity contribution in [3.8, 4) is 17.3 Å². The minimum atomic E-state index is -0.171. The molecule has 0 bridgehead atoms. The largest absolute Gasteiger partial charge is 0.463 e. The highest BCUT2D eigenvalue weighted by atomic mass is 16.3. The molecule has 0 aliphatic heterocycles. The average Bonchev–Trinajstić information content (AvgIpc) is 2.99. The van der Waals surface area contributed by atoms with Crippen LogP contribution < -0.4 is 5.56 Å². The summed E-state index contributed by atoms with van der Waals surface area (Å²) in [6.07, 6.45) is 3.20. The van der Waals surface area contributed by atoms with Gasteiger partial charge in [-0.25, -0.2) is 9.67 Å². The third-order valence-corrected chi connectivity index (χ3v) is 2.39. The Bertz CT molecular complexity index is 665. The topological polar surface area (TPSA) is 63.8 Å². The van der Waals surface area contributed by atoms with E-state index >= 15 is 0 Å². The van der Waals surface area contributed by atoms with Gasteiger partial charge < -0.3 is 4.42 Å². The first-order chi connectivity index (χ1) is 8.34. The Kier molecular flexibility index (Phi) is 2.15. The molecule has 0 aliphatic carbocycles. The lowest BCUT2D eigenvalue weighted by molar-refractivity contribution is 0.579. The molecule has 1 N–H and O–H groups in total. The molecule has 0 spiro atoms. The number of aromatic amines is 1. The highest BCUT2D eigenvalue weighted by Crippen LogP contribution is 2.15. The van der Waals surface area contributed by atoms with Crippen molar-refractivity contribution in [2.45, 2.75) is 0 Å². The number of furan rings is 1. The molecule has 84 valence electrons. The second-order valence-corrected chi connectivity index (χ2v) is 3.51. The molecule has 3 heterocycles. The molecule has 0 aromatic carbocycles. The second-order valence-electron chi connectivity index (χ2n) is 3.51. The Labute approximate surface area is 96.3 Å². The van der Waals surface area contributed by atoms with Crippen LogP contribution in [0.4, 0.5) is 0 Å². The van der Waals surface area contributed by atoms with Gasteiger partial charge in [0.2, 0.25) is 0 Å². The van der Waals surface area contributed by atoms with Gasteiger partial charge in [-0.2, -0.15) is 0 Å². The third-order valence-electron chi connectivity index (χ3n) is 2.39. The van der Waals surface area contributed by atoms with Gasteiger partial charge in [0, 0.05) is 12.3 Å². The van der Waals surface area contributed by atoms with Crippen molar-refractivity contribution in [3.63, 3.8) is 0 Å². The van der Waals surface area contributed by atoms with Gasteiger partial charge in [0.15, 0.2) is 11.6 Å². The van der Waals surface area contributed by atoms with Crippen molar-refractivity contribution in [1.82, 2.24) is 14.8 Å². The van der Waals surface area contributed by atoms with Gasteiger partial charge >= 0.3 is 0 Å². The van der Waals surface area contributed by atoms with Gasteiger partial charge in [0.05, 0.1) is 6.26 Å². The Morgan fingerprint density at radius 2 is 2.18 bits per heavy atom. The zero-order valence-electron chi connectivity index (χ0n) is 8.83. The van der Waals surface area contributed by atoms with E-state index in [0.29, 0.717) is 17.3 Å². The standard InChI is InChI=1S/C12H9N3O2/c16-12-8-9(10-4-3-7-17-10)14-15(12)11-5-1-2-6-13-11/h1-8,14H. The average molecular weight is 227 g/mol. The van der Waals surface area contributed by atoms with Crippen molar-refractivity contribution in [2.24, 2.45) is 0 Å².